The molecule has 82 valence electrons. The molecule has 0 aromatic rings. The van der Waals surface area contributed by atoms with Crippen LogP contribution in [0, 0.1) is 5.92 Å². The summed E-state index contributed by atoms with van der Waals surface area (Å²) in [7, 11) is 41.9. The third-order valence-electron chi connectivity index (χ3n) is 3.71. The van der Waals surface area contributed by atoms with Crippen LogP contribution in [0.1, 0.15) is 0 Å². The molecule has 0 nitrogen and oxygen atoms in total. The summed E-state index contributed by atoms with van der Waals surface area (Å²) in [5.41, 5.74) is 2.45. The number of rotatable bonds is 1. The van der Waals surface area contributed by atoms with E-state index in [9.17, 15) is 0 Å². The molecule has 14 radical (unpaired) electrons. The van der Waals surface area contributed by atoms with Crippen molar-refractivity contribution in [3.05, 3.63) is 44.1 Å². The van der Waals surface area contributed by atoms with Gasteiger partial charge >= 0.3 is 0 Å². The molecule has 0 heterocycles. The highest BCUT2D eigenvalue weighted by atomic mass is 79.9. The molecular weight excluding hydrogens is 300 g/mol. The van der Waals surface area contributed by atoms with Gasteiger partial charge in [-0.3, -0.25) is 0 Å². The lowest BCUT2D eigenvalue weighted by molar-refractivity contribution is 0.737. The van der Waals surface area contributed by atoms with Gasteiger partial charge in [-0.25, -0.2) is 0 Å². The number of halogens is 1. The standard InChI is InChI=1S/C12H6B7Br/c13-4-2-6(15)5(14)1-3(4)7-8(16)10(18)11(19)12(20)9(7)17/h1-2,5-8H. The van der Waals surface area contributed by atoms with Gasteiger partial charge in [0, 0.05) is 0 Å². The Bertz CT molecular complexity index is 560. The summed E-state index contributed by atoms with van der Waals surface area (Å²) in [6.45, 7) is 0. The SMILES string of the molecule is [B]C1=CC([B])C([B])C=C1C1C([B])=C(Br)C([B])=C([B])C1[B]. The summed E-state index contributed by atoms with van der Waals surface area (Å²) in [5.74, 6) is -1.62. The van der Waals surface area contributed by atoms with Crippen LogP contribution in [0.25, 0.3) is 0 Å². The van der Waals surface area contributed by atoms with E-state index >= 15 is 0 Å². The number of hydrogen-bond acceptors (Lipinski definition) is 0. The molecule has 0 aromatic heterocycles. The average molecular weight is 306 g/mol. The second-order valence-electron chi connectivity index (χ2n) is 5.04. The van der Waals surface area contributed by atoms with E-state index in [0.29, 0.717) is 26.4 Å². The van der Waals surface area contributed by atoms with E-state index in [2.05, 4.69) is 15.9 Å². The summed E-state index contributed by atoms with van der Waals surface area (Å²) < 4.78 is 0.541. The molecule has 0 bridgehead atoms. The van der Waals surface area contributed by atoms with Gasteiger partial charge < -0.3 is 0 Å². The Morgan fingerprint density at radius 1 is 0.850 bits per heavy atom. The van der Waals surface area contributed by atoms with Gasteiger partial charge in [-0.15, -0.1) is 5.47 Å². The van der Waals surface area contributed by atoms with Crippen LogP contribution in [0.2, 0.25) is 17.5 Å². The van der Waals surface area contributed by atoms with Crippen molar-refractivity contribution in [1.29, 1.82) is 0 Å². The first-order valence-corrected chi connectivity index (χ1v) is 6.91. The van der Waals surface area contributed by atoms with E-state index in [-0.39, 0.29) is 17.6 Å². The van der Waals surface area contributed by atoms with E-state index in [1.165, 1.54) is 0 Å². The Kier molecular flexibility index (Phi) is 4.84. The zero-order valence-electron chi connectivity index (χ0n) is 10.9. The van der Waals surface area contributed by atoms with Crippen LogP contribution in [0.4, 0.5) is 0 Å². The molecule has 8 heteroatoms. The Morgan fingerprint density at radius 2 is 1.40 bits per heavy atom. The van der Waals surface area contributed by atoms with Gasteiger partial charge in [-0.2, -0.15) is 0 Å². The van der Waals surface area contributed by atoms with Gasteiger partial charge in [0.25, 0.3) is 0 Å². The van der Waals surface area contributed by atoms with Crippen molar-refractivity contribution in [3.63, 3.8) is 0 Å². The van der Waals surface area contributed by atoms with Gasteiger partial charge in [0.15, 0.2) is 0 Å². The zero-order valence-corrected chi connectivity index (χ0v) is 12.5. The Balaban J connectivity index is 2.49. The predicted octanol–water partition coefficient (Wildman–Crippen LogP) is 0.803. The van der Waals surface area contributed by atoms with E-state index < -0.39 is 5.82 Å². The highest BCUT2D eigenvalue weighted by molar-refractivity contribution is 9.12. The second-order valence-corrected chi connectivity index (χ2v) is 5.83. The van der Waals surface area contributed by atoms with Crippen LogP contribution in [-0.4, -0.2) is 54.9 Å². The maximum Gasteiger partial charge on any atom is 0.114 e. The topological polar surface area (TPSA) is 0 Å². The maximum atomic E-state index is 6.15. The van der Waals surface area contributed by atoms with E-state index in [1.54, 1.807) is 12.2 Å². The van der Waals surface area contributed by atoms with Crippen LogP contribution < -0.4 is 0 Å². The molecule has 0 saturated carbocycles. The quantitative estimate of drug-likeness (QED) is 0.629. The molecule has 2 aliphatic carbocycles. The van der Waals surface area contributed by atoms with Gasteiger partial charge in [-0.1, -0.05) is 67.5 Å². The minimum atomic E-state index is -0.559. The second kappa shape index (κ2) is 5.95. The van der Waals surface area contributed by atoms with Crippen LogP contribution in [0.5, 0.6) is 0 Å². The highest BCUT2D eigenvalue weighted by Crippen LogP contribution is 2.47. The molecule has 20 heavy (non-hydrogen) atoms. The van der Waals surface area contributed by atoms with Crippen molar-refractivity contribution < 1.29 is 0 Å². The molecule has 0 N–H and O–H groups in total. The molecule has 0 aromatic carbocycles. The van der Waals surface area contributed by atoms with Crippen molar-refractivity contribution >= 4 is 70.9 Å². The van der Waals surface area contributed by atoms with Gasteiger partial charge in [-0.05, 0) is 10.4 Å². The van der Waals surface area contributed by atoms with Crippen molar-refractivity contribution in [2.24, 2.45) is 5.92 Å². The average Bonchev–Trinajstić information content (AvgIpc) is 2.40. The first-order valence-electron chi connectivity index (χ1n) is 6.12. The Morgan fingerprint density at radius 3 is 2.00 bits per heavy atom. The number of hydrogen-bond donors (Lipinski definition) is 0. The third kappa shape index (κ3) is 2.65. The van der Waals surface area contributed by atoms with Gasteiger partial charge in [0.1, 0.15) is 31.4 Å². The van der Waals surface area contributed by atoms with E-state index in [0.717, 1.165) is 5.57 Å². The third-order valence-corrected chi connectivity index (χ3v) is 4.60. The van der Waals surface area contributed by atoms with Crippen molar-refractivity contribution in [2.45, 2.75) is 17.5 Å². The summed E-state index contributed by atoms with van der Waals surface area (Å²) >= 11 is 3.33. The molecule has 2 rings (SSSR count). The predicted molar refractivity (Wildman–Crippen MR) is 94.2 cm³/mol. The smallest absolute Gasteiger partial charge is 0.114 e. The Hall–Kier alpha value is -0.105. The van der Waals surface area contributed by atoms with Crippen LogP contribution in [-0.2, 0) is 0 Å². The van der Waals surface area contributed by atoms with E-state index in [1.807, 2.05) is 0 Å². The van der Waals surface area contributed by atoms with Gasteiger partial charge in [0.05, 0.1) is 23.5 Å². The molecule has 0 aliphatic heterocycles. The lowest BCUT2D eigenvalue weighted by atomic mass is 9.49. The maximum absolute atomic E-state index is 6.15. The lowest BCUT2D eigenvalue weighted by Gasteiger charge is -2.39. The fourth-order valence-electron chi connectivity index (χ4n) is 2.44. The van der Waals surface area contributed by atoms with Crippen molar-refractivity contribution in [2.75, 3.05) is 0 Å². The minimum absolute atomic E-state index is 0.329. The van der Waals surface area contributed by atoms with Crippen molar-refractivity contribution in [1.82, 2.24) is 0 Å². The van der Waals surface area contributed by atoms with Crippen LogP contribution in [0.3, 0.4) is 0 Å². The largest absolute Gasteiger partial charge is 0.128 e. The van der Waals surface area contributed by atoms with Crippen LogP contribution >= 0.6 is 15.9 Å². The first kappa shape index (κ1) is 16.3. The molecule has 0 spiro atoms. The molecule has 4 atom stereocenters. The van der Waals surface area contributed by atoms with Crippen molar-refractivity contribution in [3.8, 4) is 0 Å². The molecule has 0 amide bonds. The molecule has 0 fully saturated rings. The number of allylic oxidation sites excluding steroid dienone is 8. The normalized spacial score (nSPS) is 34.9. The fraction of sp³-hybridized carbons (Fsp3) is 0.333. The summed E-state index contributed by atoms with van der Waals surface area (Å²) in [6.07, 6.45) is 3.48. The fourth-order valence-corrected chi connectivity index (χ4v) is 2.92. The molecule has 0 saturated heterocycles. The van der Waals surface area contributed by atoms with E-state index in [4.69, 9.17) is 54.9 Å². The first-order chi connectivity index (χ1) is 9.25. The summed E-state index contributed by atoms with van der Waals surface area (Å²) in [4.78, 5) is 0. The monoisotopic (exact) mass is 306 g/mol. The zero-order chi connectivity index (χ0) is 15.2. The van der Waals surface area contributed by atoms with Gasteiger partial charge in [0.2, 0.25) is 0 Å². The van der Waals surface area contributed by atoms with Crippen LogP contribution in [0.15, 0.2) is 44.1 Å². The summed E-state index contributed by atoms with van der Waals surface area (Å²) in [5, 5.41) is 0. The summed E-state index contributed by atoms with van der Waals surface area (Å²) in [6, 6.07) is 0. The Labute approximate surface area is 138 Å². The molecule has 2 aliphatic rings. The highest BCUT2D eigenvalue weighted by Gasteiger charge is 2.31. The minimum Gasteiger partial charge on any atom is -0.128 e. The lowest BCUT2D eigenvalue weighted by Crippen LogP contribution is -2.26. The molecular formula is C12H6B7Br. The molecule has 4 unspecified atom stereocenters.